The van der Waals surface area contributed by atoms with E-state index in [-0.39, 0.29) is 18.4 Å². The van der Waals surface area contributed by atoms with E-state index in [1.807, 2.05) is 32.0 Å². The van der Waals surface area contributed by atoms with Gasteiger partial charge in [0.05, 0.1) is 6.21 Å². The predicted molar refractivity (Wildman–Crippen MR) is 109 cm³/mol. The highest BCUT2D eigenvalue weighted by Gasteiger charge is 2.24. The van der Waals surface area contributed by atoms with Crippen LogP contribution in [0, 0.1) is 18.3 Å². The van der Waals surface area contributed by atoms with Gasteiger partial charge >= 0.3 is 0 Å². The summed E-state index contributed by atoms with van der Waals surface area (Å²) >= 11 is 0. The molecule has 2 N–H and O–H groups in total. The Bertz CT molecular complexity index is 870. The van der Waals surface area contributed by atoms with E-state index in [4.69, 9.17) is 11.2 Å². The van der Waals surface area contributed by atoms with Crippen molar-refractivity contribution in [2.24, 2.45) is 11.0 Å². The second-order valence-corrected chi connectivity index (χ2v) is 6.33. The molecule has 6 nitrogen and oxygen atoms in total. The summed E-state index contributed by atoms with van der Waals surface area (Å²) in [4.78, 5) is 24.8. The smallest absolute Gasteiger partial charge is 0.262 e. The number of hydrazone groups is 1. The first-order chi connectivity index (χ1) is 13.5. The monoisotopic (exact) mass is 377 g/mol. The van der Waals surface area contributed by atoms with Crippen LogP contribution in [0.4, 0.5) is 0 Å². The average molecular weight is 377 g/mol. The van der Waals surface area contributed by atoms with Gasteiger partial charge in [0.15, 0.2) is 0 Å². The fraction of sp³-hybridized carbons (Fsp3) is 0.227. The molecule has 0 aliphatic heterocycles. The van der Waals surface area contributed by atoms with Gasteiger partial charge in [-0.05, 0) is 30.2 Å². The number of ether oxygens (including phenoxy) is 1. The van der Waals surface area contributed by atoms with Crippen molar-refractivity contribution in [3.05, 3.63) is 65.7 Å². The number of hydrogen-bond donors (Lipinski definition) is 2. The van der Waals surface area contributed by atoms with Crippen LogP contribution in [0.25, 0.3) is 0 Å². The molecule has 2 aromatic carbocycles. The highest BCUT2D eigenvalue weighted by atomic mass is 16.5. The normalized spacial score (nSPS) is 11.6. The number of amides is 2. The Morgan fingerprint density at radius 2 is 1.82 bits per heavy atom. The number of para-hydroxylation sites is 1. The minimum absolute atomic E-state index is 0.117. The molecule has 0 aliphatic rings. The largest absolute Gasteiger partial charge is 0.480 e. The molecule has 2 rings (SSSR count). The number of benzene rings is 2. The Morgan fingerprint density at radius 3 is 2.50 bits per heavy atom. The fourth-order valence-corrected chi connectivity index (χ4v) is 2.42. The molecule has 0 saturated carbocycles. The molecule has 144 valence electrons. The first-order valence-electron chi connectivity index (χ1n) is 8.87. The van der Waals surface area contributed by atoms with Crippen molar-refractivity contribution in [2.75, 3.05) is 6.61 Å². The molecule has 0 fully saturated rings. The van der Waals surface area contributed by atoms with Crippen molar-refractivity contribution in [3.63, 3.8) is 0 Å². The molecule has 0 spiro atoms. The van der Waals surface area contributed by atoms with Crippen LogP contribution in [0.1, 0.15) is 29.8 Å². The lowest BCUT2D eigenvalue weighted by molar-refractivity contribution is -0.123. The standard InChI is InChI=1S/C22H23N3O3/c1-4-14-28-19-13-9-8-12-18(19)15-23-25-22(27)20(16(2)3)24-21(26)17-10-6-5-7-11-17/h1,5-13,15-16,20H,14H2,2-3H3,(H,24,26)(H,25,27)/b23-15+. The number of rotatable bonds is 8. The van der Waals surface area contributed by atoms with E-state index in [9.17, 15) is 9.59 Å². The molecule has 0 heterocycles. The lowest BCUT2D eigenvalue weighted by Gasteiger charge is -2.20. The third-order valence-corrected chi connectivity index (χ3v) is 3.88. The van der Waals surface area contributed by atoms with Crippen LogP contribution < -0.4 is 15.5 Å². The van der Waals surface area contributed by atoms with E-state index < -0.39 is 11.9 Å². The van der Waals surface area contributed by atoms with Gasteiger partial charge in [-0.25, -0.2) is 5.43 Å². The Hall–Kier alpha value is -3.59. The summed E-state index contributed by atoms with van der Waals surface area (Å²) in [6.45, 7) is 3.84. The maximum absolute atomic E-state index is 12.5. The lowest BCUT2D eigenvalue weighted by Crippen LogP contribution is -2.48. The minimum atomic E-state index is -0.724. The summed E-state index contributed by atoms with van der Waals surface area (Å²) in [6.07, 6.45) is 6.68. The zero-order valence-electron chi connectivity index (χ0n) is 15.9. The highest BCUT2D eigenvalue weighted by molar-refractivity contribution is 5.97. The molecular formula is C22H23N3O3. The number of nitrogens with one attached hydrogen (secondary N) is 2. The zero-order valence-corrected chi connectivity index (χ0v) is 15.9. The summed E-state index contributed by atoms with van der Waals surface area (Å²) in [6, 6.07) is 15.2. The fourth-order valence-electron chi connectivity index (χ4n) is 2.42. The topological polar surface area (TPSA) is 79.8 Å². The van der Waals surface area contributed by atoms with E-state index in [0.717, 1.165) is 0 Å². The van der Waals surface area contributed by atoms with Gasteiger partial charge in [-0.2, -0.15) is 5.10 Å². The summed E-state index contributed by atoms with van der Waals surface area (Å²) in [7, 11) is 0. The van der Waals surface area contributed by atoms with Crippen molar-refractivity contribution in [2.45, 2.75) is 19.9 Å². The van der Waals surface area contributed by atoms with Crippen LogP contribution in [0.5, 0.6) is 5.75 Å². The van der Waals surface area contributed by atoms with Gasteiger partial charge in [0, 0.05) is 11.1 Å². The minimum Gasteiger partial charge on any atom is -0.480 e. The van der Waals surface area contributed by atoms with Crippen LogP contribution >= 0.6 is 0 Å². The maximum atomic E-state index is 12.5. The van der Waals surface area contributed by atoms with Crippen LogP contribution in [0.15, 0.2) is 59.7 Å². The maximum Gasteiger partial charge on any atom is 0.262 e. The molecular weight excluding hydrogens is 354 g/mol. The van der Waals surface area contributed by atoms with Gasteiger partial charge in [-0.3, -0.25) is 9.59 Å². The van der Waals surface area contributed by atoms with Crippen molar-refractivity contribution in [1.82, 2.24) is 10.7 Å². The van der Waals surface area contributed by atoms with Crippen LogP contribution in [-0.4, -0.2) is 30.7 Å². The van der Waals surface area contributed by atoms with Crippen molar-refractivity contribution in [1.29, 1.82) is 0 Å². The molecule has 2 amide bonds. The summed E-state index contributed by atoms with van der Waals surface area (Å²) < 4.78 is 5.43. The van der Waals surface area contributed by atoms with Crippen molar-refractivity contribution < 1.29 is 14.3 Å². The molecule has 0 bridgehead atoms. The predicted octanol–water partition coefficient (Wildman–Crippen LogP) is 2.60. The van der Waals surface area contributed by atoms with Gasteiger partial charge in [0.1, 0.15) is 18.4 Å². The Kier molecular flexibility index (Phi) is 7.79. The summed E-state index contributed by atoms with van der Waals surface area (Å²) in [5.74, 6) is 2.13. The van der Waals surface area contributed by atoms with E-state index in [0.29, 0.717) is 16.9 Å². The van der Waals surface area contributed by atoms with E-state index in [1.54, 1.807) is 36.4 Å². The summed E-state index contributed by atoms with van der Waals surface area (Å²) in [5.41, 5.74) is 3.64. The zero-order chi connectivity index (χ0) is 20.4. The van der Waals surface area contributed by atoms with Gasteiger partial charge in [0.2, 0.25) is 0 Å². The second kappa shape index (κ2) is 10.5. The van der Waals surface area contributed by atoms with Crippen molar-refractivity contribution in [3.8, 4) is 18.1 Å². The molecule has 0 radical (unpaired) electrons. The molecule has 2 aromatic rings. The van der Waals surface area contributed by atoms with E-state index in [2.05, 4.69) is 21.8 Å². The summed E-state index contributed by atoms with van der Waals surface area (Å²) in [5, 5.41) is 6.73. The van der Waals surface area contributed by atoms with Crippen LogP contribution in [-0.2, 0) is 4.79 Å². The van der Waals surface area contributed by atoms with Gasteiger partial charge < -0.3 is 10.1 Å². The molecule has 0 aromatic heterocycles. The van der Waals surface area contributed by atoms with Gasteiger partial charge in [-0.15, -0.1) is 6.42 Å². The first kappa shape index (κ1) is 20.7. The molecule has 28 heavy (non-hydrogen) atoms. The Morgan fingerprint density at radius 1 is 1.14 bits per heavy atom. The lowest BCUT2D eigenvalue weighted by atomic mass is 10.0. The van der Waals surface area contributed by atoms with E-state index in [1.165, 1.54) is 6.21 Å². The first-order valence-corrected chi connectivity index (χ1v) is 8.87. The van der Waals surface area contributed by atoms with E-state index >= 15 is 0 Å². The second-order valence-electron chi connectivity index (χ2n) is 6.33. The molecule has 1 unspecified atom stereocenters. The third-order valence-electron chi connectivity index (χ3n) is 3.88. The van der Waals surface area contributed by atoms with Gasteiger partial charge in [0.25, 0.3) is 11.8 Å². The quantitative estimate of drug-likeness (QED) is 0.422. The van der Waals surface area contributed by atoms with Crippen molar-refractivity contribution >= 4 is 18.0 Å². The van der Waals surface area contributed by atoms with Gasteiger partial charge in [-0.1, -0.05) is 50.1 Å². The number of nitrogens with zero attached hydrogens (tertiary/aromatic N) is 1. The highest BCUT2D eigenvalue weighted by Crippen LogP contribution is 2.15. The SMILES string of the molecule is C#CCOc1ccccc1/C=N/NC(=O)C(NC(=O)c1ccccc1)C(C)C. The average Bonchev–Trinajstić information content (AvgIpc) is 2.71. The number of carbonyl (C=O) groups is 2. The Labute approximate surface area is 165 Å². The molecule has 0 aliphatic carbocycles. The molecule has 6 heteroatoms. The van der Waals surface area contributed by atoms with Crippen LogP contribution in [0.3, 0.4) is 0 Å². The number of carbonyl (C=O) groups excluding carboxylic acids is 2. The number of hydrogen-bond acceptors (Lipinski definition) is 4. The molecule has 1 atom stereocenters. The Balaban J connectivity index is 2.02. The third kappa shape index (κ3) is 5.99. The number of terminal acetylenes is 1. The van der Waals surface area contributed by atoms with Crippen LogP contribution in [0.2, 0.25) is 0 Å². The molecule has 0 saturated heterocycles.